The van der Waals surface area contributed by atoms with E-state index in [1.807, 2.05) is 4.90 Å². The maximum atomic E-state index is 12.0. The normalized spacial score (nSPS) is 30.5. The summed E-state index contributed by atoms with van der Waals surface area (Å²) in [5.41, 5.74) is 0. The van der Waals surface area contributed by atoms with Gasteiger partial charge in [-0.3, -0.25) is 9.69 Å². The number of amides is 1. The van der Waals surface area contributed by atoms with E-state index in [4.69, 9.17) is 5.11 Å². The highest BCUT2D eigenvalue weighted by Gasteiger charge is 2.35. The number of carbonyl (C=O) groups is 1. The zero-order chi connectivity index (χ0) is 11.5. The van der Waals surface area contributed by atoms with Gasteiger partial charge in [0.2, 0.25) is 5.91 Å². The zero-order valence-corrected chi connectivity index (χ0v) is 10.1. The second-order valence-electron chi connectivity index (χ2n) is 5.01. The first-order chi connectivity index (χ1) is 7.72. The SMILES string of the molecule is CC1CN2CCCC2CN1C(=O)CCCO. The average molecular weight is 226 g/mol. The first-order valence-corrected chi connectivity index (χ1v) is 6.36. The molecule has 2 aliphatic rings. The fourth-order valence-corrected chi connectivity index (χ4v) is 2.91. The van der Waals surface area contributed by atoms with Crippen molar-refractivity contribution in [2.45, 2.75) is 44.7 Å². The molecular formula is C12H22N2O2. The van der Waals surface area contributed by atoms with Crippen molar-refractivity contribution in [3.05, 3.63) is 0 Å². The van der Waals surface area contributed by atoms with Crippen molar-refractivity contribution in [3.8, 4) is 0 Å². The summed E-state index contributed by atoms with van der Waals surface area (Å²) >= 11 is 0. The van der Waals surface area contributed by atoms with E-state index in [0.29, 0.717) is 24.9 Å². The lowest BCUT2D eigenvalue weighted by molar-refractivity contribution is -0.137. The van der Waals surface area contributed by atoms with Gasteiger partial charge in [0.05, 0.1) is 0 Å². The largest absolute Gasteiger partial charge is 0.396 e. The molecule has 1 amide bonds. The molecule has 0 spiro atoms. The minimum atomic E-state index is 0.115. The van der Waals surface area contributed by atoms with E-state index in [0.717, 1.165) is 13.1 Å². The van der Waals surface area contributed by atoms with E-state index in [-0.39, 0.29) is 12.5 Å². The van der Waals surface area contributed by atoms with Crippen LogP contribution in [0.5, 0.6) is 0 Å². The molecule has 16 heavy (non-hydrogen) atoms. The first kappa shape index (κ1) is 11.9. The fourth-order valence-electron chi connectivity index (χ4n) is 2.91. The molecule has 0 aromatic carbocycles. The smallest absolute Gasteiger partial charge is 0.222 e. The highest BCUT2D eigenvalue weighted by Crippen LogP contribution is 2.24. The molecule has 0 bridgehead atoms. The summed E-state index contributed by atoms with van der Waals surface area (Å²) in [4.78, 5) is 16.5. The minimum Gasteiger partial charge on any atom is -0.396 e. The summed E-state index contributed by atoms with van der Waals surface area (Å²) in [6.45, 7) is 5.36. The number of hydrogen-bond acceptors (Lipinski definition) is 3. The van der Waals surface area contributed by atoms with E-state index < -0.39 is 0 Å². The molecule has 2 unspecified atom stereocenters. The van der Waals surface area contributed by atoms with Gasteiger partial charge in [0, 0.05) is 38.2 Å². The van der Waals surface area contributed by atoms with Crippen LogP contribution >= 0.6 is 0 Å². The number of carbonyl (C=O) groups excluding carboxylic acids is 1. The van der Waals surface area contributed by atoms with Gasteiger partial charge in [-0.05, 0) is 32.7 Å². The van der Waals surface area contributed by atoms with Crippen molar-refractivity contribution in [1.29, 1.82) is 0 Å². The van der Waals surface area contributed by atoms with E-state index >= 15 is 0 Å². The molecule has 0 saturated carbocycles. The number of hydrogen-bond donors (Lipinski definition) is 1. The summed E-state index contributed by atoms with van der Waals surface area (Å²) < 4.78 is 0. The fraction of sp³-hybridized carbons (Fsp3) is 0.917. The number of aliphatic hydroxyl groups excluding tert-OH is 1. The molecule has 0 aliphatic carbocycles. The molecule has 2 saturated heterocycles. The molecule has 92 valence electrons. The lowest BCUT2D eigenvalue weighted by Crippen LogP contribution is -2.56. The van der Waals surface area contributed by atoms with Crippen molar-refractivity contribution in [2.75, 3.05) is 26.2 Å². The predicted octanol–water partition coefficient (Wildman–Crippen LogP) is 0.454. The Balaban J connectivity index is 1.91. The maximum absolute atomic E-state index is 12.0. The van der Waals surface area contributed by atoms with Gasteiger partial charge in [0.25, 0.3) is 0 Å². The third kappa shape index (κ3) is 2.38. The Hall–Kier alpha value is -0.610. The Morgan fingerprint density at radius 2 is 2.25 bits per heavy atom. The topological polar surface area (TPSA) is 43.8 Å². The summed E-state index contributed by atoms with van der Waals surface area (Å²) in [6, 6.07) is 0.926. The van der Waals surface area contributed by atoms with E-state index in [1.165, 1.54) is 19.4 Å². The van der Waals surface area contributed by atoms with Crippen LogP contribution in [0.25, 0.3) is 0 Å². The van der Waals surface area contributed by atoms with Crippen molar-refractivity contribution >= 4 is 5.91 Å². The molecule has 2 atom stereocenters. The van der Waals surface area contributed by atoms with Gasteiger partial charge >= 0.3 is 0 Å². The van der Waals surface area contributed by atoms with Crippen LogP contribution in [-0.4, -0.2) is 59.1 Å². The van der Waals surface area contributed by atoms with Crippen LogP contribution in [0.4, 0.5) is 0 Å². The van der Waals surface area contributed by atoms with Gasteiger partial charge in [-0.2, -0.15) is 0 Å². The first-order valence-electron chi connectivity index (χ1n) is 6.36. The maximum Gasteiger partial charge on any atom is 0.222 e. The lowest BCUT2D eigenvalue weighted by atomic mass is 10.1. The van der Waals surface area contributed by atoms with Crippen LogP contribution in [0.3, 0.4) is 0 Å². The van der Waals surface area contributed by atoms with Crippen LogP contribution in [-0.2, 0) is 4.79 Å². The molecule has 2 rings (SSSR count). The van der Waals surface area contributed by atoms with Gasteiger partial charge < -0.3 is 10.0 Å². The molecular weight excluding hydrogens is 204 g/mol. The van der Waals surface area contributed by atoms with Gasteiger partial charge in [0.15, 0.2) is 0 Å². The van der Waals surface area contributed by atoms with Crippen molar-refractivity contribution in [2.24, 2.45) is 0 Å². The van der Waals surface area contributed by atoms with E-state index in [9.17, 15) is 4.79 Å². The number of aliphatic hydroxyl groups is 1. The molecule has 0 radical (unpaired) electrons. The van der Waals surface area contributed by atoms with E-state index in [2.05, 4.69) is 11.8 Å². The molecule has 0 aromatic rings. The number of rotatable bonds is 3. The second kappa shape index (κ2) is 5.15. The third-order valence-electron chi connectivity index (χ3n) is 3.81. The van der Waals surface area contributed by atoms with E-state index in [1.54, 1.807) is 0 Å². The Morgan fingerprint density at radius 3 is 3.00 bits per heavy atom. The molecule has 2 aliphatic heterocycles. The van der Waals surface area contributed by atoms with Crippen LogP contribution in [0, 0.1) is 0 Å². The number of nitrogens with zero attached hydrogens (tertiary/aromatic N) is 2. The molecule has 2 heterocycles. The van der Waals surface area contributed by atoms with Gasteiger partial charge in [-0.1, -0.05) is 0 Å². The quantitative estimate of drug-likeness (QED) is 0.760. The number of fused-ring (bicyclic) bond motifs is 1. The van der Waals surface area contributed by atoms with Gasteiger partial charge in [0.1, 0.15) is 0 Å². The Morgan fingerprint density at radius 1 is 1.44 bits per heavy atom. The standard InChI is InChI=1S/C12H22N2O2/c1-10-8-13-6-2-4-11(13)9-14(10)12(16)5-3-7-15/h10-11,15H,2-9H2,1H3. The highest BCUT2D eigenvalue weighted by molar-refractivity contribution is 5.76. The van der Waals surface area contributed by atoms with Crippen molar-refractivity contribution in [1.82, 2.24) is 9.80 Å². The Kier molecular flexibility index (Phi) is 3.82. The van der Waals surface area contributed by atoms with Crippen LogP contribution < -0.4 is 0 Å². The monoisotopic (exact) mass is 226 g/mol. The van der Waals surface area contributed by atoms with Crippen LogP contribution in [0.2, 0.25) is 0 Å². The lowest BCUT2D eigenvalue weighted by Gasteiger charge is -2.42. The number of piperazine rings is 1. The highest BCUT2D eigenvalue weighted by atomic mass is 16.3. The zero-order valence-electron chi connectivity index (χ0n) is 10.1. The molecule has 1 N–H and O–H groups in total. The third-order valence-corrected chi connectivity index (χ3v) is 3.81. The summed E-state index contributed by atoms with van der Waals surface area (Å²) in [6.07, 6.45) is 3.59. The van der Waals surface area contributed by atoms with Crippen molar-refractivity contribution < 1.29 is 9.90 Å². The summed E-state index contributed by atoms with van der Waals surface area (Å²) in [5.74, 6) is 0.216. The van der Waals surface area contributed by atoms with Crippen LogP contribution in [0.15, 0.2) is 0 Å². The van der Waals surface area contributed by atoms with Gasteiger partial charge in [-0.15, -0.1) is 0 Å². The molecule has 2 fully saturated rings. The predicted molar refractivity (Wildman–Crippen MR) is 62.1 cm³/mol. The van der Waals surface area contributed by atoms with Crippen molar-refractivity contribution in [3.63, 3.8) is 0 Å². The summed E-state index contributed by atoms with van der Waals surface area (Å²) in [7, 11) is 0. The molecule has 4 heteroatoms. The van der Waals surface area contributed by atoms with Crippen LogP contribution in [0.1, 0.15) is 32.6 Å². The van der Waals surface area contributed by atoms with Gasteiger partial charge in [-0.25, -0.2) is 0 Å². The average Bonchev–Trinajstić information content (AvgIpc) is 2.71. The Labute approximate surface area is 97.2 Å². The molecule has 0 aromatic heterocycles. The summed E-state index contributed by atoms with van der Waals surface area (Å²) in [5, 5.41) is 8.75. The second-order valence-corrected chi connectivity index (χ2v) is 5.01. The molecule has 4 nitrogen and oxygen atoms in total. The minimum absolute atomic E-state index is 0.115. The Bertz CT molecular complexity index is 257.